The molecule has 1 heteroatoms. The summed E-state index contributed by atoms with van der Waals surface area (Å²) < 4.78 is 0. The molecule has 1 nitrogen and oxygen atoms in total. The second-order valence-electron chi connectivity index (χ2n) is 4.06. The third kappa shape index (κ3) is 12.0. The summed E-state index contributed by atoms with van der Waals surface area (Å²) in [5, 5.41) is 0. The highest BCUT2D eigenvalue weighted by molar-refractivity contribution is 4.69. The van der Waals surface area contributed by atoms with Crippen molar-refractivity contribution in [1.82, 2.24) is 0 Å². The van der Waals surface area contributed by atoms with Crippen LogP contribution in [0.25, 0.3) is 0 Å². The van der Waals surface area contributed by atoms with E-state index < -0.39 is 0 Å². The van der Waals surface area contributed by atoms with Crippen LogP contribution in [0, 0.1) is 6.42 Å². The monoisotopic (exact) mass is 184 g/mol. The smallest absolute Gasteiger partial charge is 0.00132 e. The molecule has 13 heavy (non-hydrogen) atoms. The van der Waals surface area contributed by atoms with Gasteiger partial charge in [0.2, 0.25) is 0 Å². The summed E-state index contributed by atoms with van der Waals surface area (Å²) in [6.45, 7) is 4.33. The normalized spacial score (nSPS) is 13.2. The highest BCUT2D eigenvalue weighted by Gasteiger charge is 1.94. The Morgan fingerprint density at radius 1 is 1.08 bits per heavy atom. The quantitative estimate of drug-likeness (QED) is 0.543. The lowest BCUT2D eigenvalue weighted by molar-refractivity contribution is 0.593. The van der Waals surface area contributed by atoms with Gasteiger partial charge in [-0.25, -0.2) is 0 Å². The minimum Gasteiger partial charge on any atom is -0.328 e. The first-order valence-corrected chi connectivity index (χ1v) is 5.84. The van der Waals surface area contributed by atoms with Crippen LogP contribution in [0.15, 0.2) is 0 Å². The first-order valence-electron chi connectivity index (χ1n) is 5.84. The van der Waals surface area contributed by atoms with Crippen LogP contribution in [0.1, 0.15) is 65.2 Å². The predicted molar refractivity (Wildman–Crippen MR) is 60.6 cm³/mol. The summed E-state index contributed by atoms with van der Waals surface area (Å²) in [5.74, 6) is 0. The van der Waals surface area contributed by atoms with Gasteiger partial charge in [-0.1, -0.05) is 51.9 Å². The van der Waals surface area contributed by atoms with Gasteiger partial charge < -0.3 is 5.73 Å². The van der Waals surface area contributed by atoms with E-state index in [1.165, 1.54) is 44.9 Å². The molecule has 0 spiro atoms. The molecule has 1 atom stereocenters. The van der Waals surface area contributed by atoms with Crippen LogP contribution in [-0.2, 0) is 0 Å². The molecule has 1 radical (unpaired) electrons. The Morgan fingerprint density at radius 3 is 2.31 bits per heavy atom. The summed E-state index contributed by atoms with van der Waals surface area (Å²) in [6, 6.07) is 0.347. The Bertz CT molecular complexity index is 89.1. The topological polar surface area (TPSA) is 26.0 Å². The van der Waals surface area contributed by atoms with Crippen LogP contribution in [0.5, 0.6) is 0 Å². The van der Waals surface area contributed by atoms with Crippen LogP contribution < -0.4 is 5.73 Å². The van der Waals surface area contributed by atoms with E-state index in [-0.39, 0.29) is 0 Å². The molecule has 79 valence electrons. The fraction of sp³-hybridized carbons (Fsp3) is 0.917. The van der Waals surface area contributed by atoms with Crippen molar-refractivity contribution in [2.45, 2.75) is 71.3 Å². The van der Waals surface area contributed by atoms with Crippen LogP contribution in [0.3, 0.4) is 0 Å². The summed E-state index contributed by atoms with van der Waals surface area (Å²) in [7, 11) is 0. The Labute approximate surface area is 84.1 Å². The van der Waals surface area contributed by atoms with E-state index in [1.807, 2.05) is 0 Å². The average Bonchev–Trinajstić information content (AvgIpc) is 2.09. The third-order valence-electron chi connectivity index (χ3n) is 2.30. The van der Waals surface area contributed by atoms with Crippen molar-refractivity contribution in [3.63, 3.8) is 0 Å². The summed E-state index contributed by atoms with van der Waals surface area (Å²) in [4.78, 5) is 0. The minimum absolute atomic E-state index is 0.347. The van der Waals surface area contributed by atoms with E-state index in [1.54, 1.807) is 0 Å². The molecule has 0 saturated carbocycles. The van der Waals surface area contributed by atoms with E-state index in [0.29, 0.717) is 6.04 Å². The number of unbranched alkanes of at least 4 members (excludes halogenated alkanes) is 7. The molecule has 0 rings (SSSR count). The van der Waals surface area contributed by atoms with Crippen molar-refractivity contribution in [1.29, 1.82) is 0 Å². The van der Waals surface area contributed by atoms with E-state index in [0.717, 1.165) is 6.42 Å². The highest BCUT2D eigenvalue weighted by atomic mass is 14.6. The van der Waals surface area contributed by atoms with Crippen molar-refractivity contribution < 1.29 is 0 Å². The fourth-order valence-electron chi connectivity index (χ4n) is 1.45. The van der Waals surface area contributed by atoms with Crippen LogP contribution in [0.4, 0.5) is 0 Å². The van der Waals surface area contributed by atoms with Crippen molar-refractivity contribution >= 4 is 0 Å². The number of rotatable bonds is 9. The maximum Gasteiger partial charge on any atom is 0.00132 e. The van der Waals surface area contributed by atoms with Gasteiger partial charge in [-0.2, -0.15) is 0 Å². The fourth-order valence-corrected chi connectivity index (χ4v) is 1.45. The van der Waals surface area contributed by atoms with Gasteiger partial charge in [0.1, 0.15) is 0 Å². The third-order valence-corrected chi connectivity index (χ3v) is 2.30. The van der Waals surface area contributed by atoms with Gasteiger partial charge in [-0.15, -0.1) is 0 Å². The van der Waals surface area contributed by atoms with E-state index >= 15 is 0 Å². The molecule has 0 amide bonds. The van der Waals surface area contributed by atoms with Gasteiger partial charge in [0.25, 0.3) is 0 Å². The Morgan fingerprint density at radius 2 is 1.69 bits per heavy atom. The molecular weight excluding hydrogens is 158 g/mol. The molecule has 0 aliphatic carbocycles. The number of hydrogen-bond acceptors (Lipinski definition) is 1. The van der Waals surface area contributed by atoms with Gasteiger partial charge in [0.05, 0.1) is 0 Å². The first-order chi connectivity index (χ1) is 6.27. The lowest BCUT2D eigenvalue weighted by atomic mass is 10.1. The van der Waals surface area contributed by atoms with Crippen molar-refractivity contribution in [2.24, 2.45) is 5.73 Å². The zero-order valence-corrected chi connectivity index (χ0v) is 9.39. The van der Waals surface area contributed by atoms with Crippen LogP contribution in [0.2, 0.25) is 0 Å². The van der Waals surface area contributed by atoms with E-state index in [2.05, 4.69) is 20.3 Å². The Balaban J connectivity index is 2.84. The molecule has 2 N–H and O–H groups in total. The lowest BCUT2D eigenvalue weighted by Crippen LogP contribution is -2.14. The van der Waals surface area contributed by atoms with Crippen LogP contribution in [-0.4, -0.2) is 6.04 Å². The van der Waals surface area contributed by atoms with E-state index in [4.69, 9.17) is 5.73 Å². The Hall–Kier alpha value is -0.0400. The number of hydrogen-bond donors (Lipinski definition) is 1. The maximum atomic E-state index is 5.64. The summed E-state index contributed by atoms with van der Waals surface area (Å²) in [5.41, 5.74) is 5.64. The van der Waals surface area contributed by atoms with Gasteiger partial charge >= 0.3 is 0 Å². The molecule has 0 aromatic heterocycles. The second-order valence-corrected chi connectivity index (χ2v) is 4.06. The maximum absolute atomic E-state index is 5.64. The summed E-state index contributed by atoms with van der Waals surface area (Å²) in [6.07, 6.45) is 13.0. The molecule has 0 bridgehead atoms. The first kappa shape index (κ1) is 13.0. The lowest BCUT2D eigenvalue weighted by Gasteiger charge is -2.03. The average molecular weight is 184 g/mol. The zero-order chi connectivity index (χ0) is 9.94. The predicted octanol–water partition coefficient (Wildman–Crippen LogP) is 3.68. The second kappa shape index (κ2) is 10.0. The molecule has 0 aromatic carbocycles. The van der Waals surface area contributed by atoms with Gasteiger partial charge in [0, 0.05) is 6.04 Å². The SMILES string of the molecule is CCCCCCCC[CH]CC(C)N. The summed E-state index contributed by atoms with van der Waals surface area (Å²) >= 11 is 0. The van der Waals surface area contributed by atoms with Crippen molar-refractivity contribution in [3.05, 3.63) is 6.42 Å². The van der Waals surface area contributed by atoms with Gasteiger partial charge in [-0.05, 0) is 19.8 Å². The van der Waals surface area contributed by atoms with Crippen molar-refractivity contribution in [2.75, 3.05) is 0 Å². The molecule has 0 saturated heterocycles. The molecule has 0 aliphatic heterocycles. The molecular formula is C12H26N. The molecule has 0 heterocycles. The standard InChI is InChI=1S/C12H26N/c1-3-4-5-6-7-8-9-10-11-12(2)13/h10,12H,3-9,11,13H2,1-2H3. The molecule has 1 unspecified atom stereocenters. The highest BCUT2D eigenvalue weighted by Crippen LogP contribution is 2.09. The van der Waals surface area contributed by atoms with Gasteiger partial charge in [0.15, 0.2) is 0 Å². The zero-order valence-electron chi connectivity index (χ0n) is 9.39. The minimum atomic E-state index is 0.347. The molecule has 0 aliphatic rings. The number of nitrogens with two attached hydrogens (primary N) is 1. The molecule has 0 aromatic rings. The van der Waals surface area contributed by atoms with E-state index in [9.17, 15) is 0 Å². The molecule has 0 fully saturated rings. The Kier molecular flexibility index (Phi) is 10.0. The largest absolute Gasteiger partial charge is 0.328 e. The van der Waals surface area contributed by atoms with Crippen molar-refractivity contribution in [3.8, 4) is 0 Å². The van der Waals surface area contributed by atoms with Gasteiger partial charge in [-0.3, -0.25) is 0 Å². The van der Waals surface area contributed by atoms with Crippen LogP contribution >= 0.6 is 0 Å².